The molecule has 0 bridgehead atoms. The van der Waals surface area contributed by atoms with E-state index in [1.165, 1.54) is 29.5 Å². The van der Waals surface area contributed by atoms with Gasteiger partial charge in [0.05, 0.1) is 4.70 Å². The third kappa shape index (κ3) is 2.35. The summed E-state index contributed by atoms with van der Waals surface area (Å²) in [5.74, 6) is 1.89. The van der Waals surface area contributed by atoms with E-state index in [9.17, 15) is 0 Å². The second kappa shape index (κ2) is 5.24. The van der Waals surface area contributed by atoms with Crippen LogP contribution in [0, 0.1) is 5.92 Å². The van der Waals surface area contributed by atoms with Gasteiger partial charge >= 0.3 is 0 Å². The van der Waals surface area contributed by atoms with Crippen LogP contribution in [0.3, 0.4) is 0 Å². The van der Waals surface area contributed by atoms with Crippen LogP contribution in [0.1, 0.15) is 12.8 Å². The molecule has 1 atom stereocenters. The van der Waals surface area contributed by atoms with Crippen molar-refractivity contribution in [2.45, 2.75) is 12.8 Å². The molecule has 18 heavy (non-hydrogen) atoms. The van der Waals surface area contributed by atoms with Crippen molar-refractivity contribution in [1.29, 1.82) is 0 Å². The standard InChI is InChI=1S/C14H19N3S/c1-17(10-11-5-4-8-15-9-11)14-12-6-2-3-7-13(12)18-16-14/h2-3,6-7,11,15H,4-5,8-10H2,1H3. The number of nitrogens with one attached hydrogen (secondary N) is 1. The smallest absolute Gasteiger partial charge is 0.149 e. The summed E-state index contributed by atoms with van der Waals surface area (Å²) >= 11 is 1.60. The lowest BCUT2D eigenvalue weighted by atomic mass is 9.99. The van der Waals surface area contributed by atoms with Crippen molar-refractivity contribution in [3.8, 4) is 0 Å². The lowest BCUT2D eigenvalue weighted by molar-refractivity contribution is 0.381. The van der Waals surface area contributed by atoms with E-state index in [1.807, 2.05) is 0 Å². The Labute approximate surface area is 112 Å². The van der Waals surface area contributed by atoms with Gasteiger partial charge in [-0.3, -0.25) is 0 Å². The number of benzene rings is 1. The summed E-state index contributed by atoms with van der Waals surface area (Å²) in [4.78, 5) is 2.32. The van der Waals surface area contributed by atoms with Gasteiger partial charge in [0.15, 0.2) is 0 Å². The van der Waals surface area contributed by atoms with E-state index >= 15 is 0 Å². The second-order valence-electron chi connectivity index (χ2n) is 5.10. The molecule has 2 heterocycles. The van der Waals surface area contributed by atoms with E-state index in [-0.39, 0.29) is 0 Å². The minimum Gasteiger partial charge on any atom is -0.358 e. The van der Waals surface area contributed by atoms with E-state index in [4.69, 9.17) is 0 Å². The molecule has 96 valence electrons. The van der Waals surface area contributed by atoms with Gasteiger partial charge in [0.2, 0.25) is 0 Å². The molecule has 0 saturated carbocycles. The Morgan fingerprint density at radius 1 is 1.44 bits per heavy atom. The molecule has 2 aromatic rings. The molecule has 1 aliphatic heterocycles. The van der Waals surface area contributed by atoms with E-state index in [2.05, 4.69) is 45.9 Å². The van der Waals surface area contributed by atoms with Crippen LogP contribution in [0.25, 0.3) is 10.1 Å². The highest BCUT2D eigenvalue weighted by atomic mass is 32.1. The molecule has 0 amide bonds. The van der Waals surface area contributed by atoms with Crippen molar-refractivity contribution in [2.75, 3.05) is 31.6 Å². The summed E-state index contributed by atoms with van der Waals surface area (Å²) in [6, 6.07) is 8.49. The first-order chi connectivity index (χ1) is 8.84. The predicted octanol–water partition coefficient (Wildman–Crippen LogP) is 2.73. The Morgan fingerprint density at radius 3 is 3.17 bits per heavy atom. The number of piperidine rings is 1. The molecule has 3 rings (SSSR count). The minimum absolute atomic E-state index is 0.754. The summed E-state index contributed by atoms with van der Waals surface area (Å²) in [5, 5.41) is 4.76. The van der Waals surface area contributed by atoms with Crippen LogP contribution in [-0.4, -0.2) is 31.1 Å². The quantitative estimate of drug-likeness (QED) is 0.921. The number of anilines is 1. The highest BCUT2D eigenvalue weighted by molar-refractivity contribution is 7.13. The van der Waals surface area contributed by atoms with Crippen molar-refractivity contribution >= 4 is 27.4 Å². The van der Waals surface area contributed by atoms with Crippen molar-refractivity contribution < 1.29 is 0 Å². The van der Waals surface area contributed by atoms with Crippen LogP contribution in [0.2, 0.25) is 0 Å². The molecule has 1 aromatic carbocycles. The van der Waals surface area contributed by atoms with Gasteiger partial charge in [-0.25, -0.2) is 0 Å². The average Bonchev–Trinajstić information content (AvgIpc) is 2.84. The topological polar surface area (TPSA) is 28.2 Å². The fraction of sp³-hybridized carbons (Fsp3) is 0.500. The summed E-state index contributed by atoms with van der Waals surface area (Å²) in [6.45, 7) is 3.42. The zero-order chi connectivity index (χ0) is 12.4. The van der Waals surface area contributed by atoms with Crippen LogP contribution >= 0.6 is 11.5 Å². The largest absolute Gasteiger partial charge is 0.358 e. The average molecular weight is 261 g/mol. The number of rotatable bonds is 3. The first-order valence-electron chi connectivity index (χ1n) is 6.61. The monoisotopic (exact) mass is 261 g/mol. The summed E-state index contributed by atoms with van der Waals surface area (Å²) < 4.78 is 5.89. The molecule has 0 radical (unpaired) electrons. The van der Waals surface area contributed by atoms with Crippen LogP contribution in [0.15, 0.2) is 24.3 Å². The molecule has 1 saturated heterocycles. The maximum atomic E-state index is 4.61. The maximum Gasteiger partial charge on any atom is 0.149 e. The van der Waals surface area contributed by atoms with E-state index in [1.54, 1.807) is 11.5 Å². The third-order valence-electron chi connectivity index (χ3n) is 3.65. The van der Waals surface area contributed by atoms with Crippen LogP contribution in [0.4, 0.5) is 5.82 Å². The zero-order valence-electron chi connectivity index (χ0n) is 10.7. The number of hydrogen-bond acceptors (Lipinski definition) is 4. The van der Waals surface area contributed by atoms with Crippen molar-refractivity contribution in [3.05, 3.63) is 24.3 Å². The van der Waals surface area contributed by atoms with Crippen molar-refractivity contribution in [1.82, 2.24) is 9.69 Å². The first kappa shape index (κ1) is 11.9. The molecule has 1 N–H and O–H groups in total. The summed E-state index contributed by atoms with van der Waals surface area (Å²) in [6.07, 6.45) is 2.63. The van der Waals surface area contributed by atoms with E-state index < -0.39 is 0 Å². The van der Waals surface area contributed by atoms with Gasteiger partial charge in [-0.05, 0) is 55.5 Å². The molecule has 3 nitrogen and oxygen atoms in total. The summed E-state index contributed by atoms with van der Waals surface area (Å²) in [5.41, 5.74) is 0. The minimum atomic E-state index is 0.754. The molecular weight excluding hydrogens is 242 g/mol. The first-order valence-corrected chi connectivity index (χ1v) is 7.38. The zero-order valence-corrected chi connectivity index (χ0v) is 11.5. The molecule has 0 spiro atoms. The van der Waals surface area contributed by atoms with Gasteiger partial charge < -0.3 is 10.2 Å². The van der Waals surface area contributed by atoms with Gasteiger partial charge in [0.25, 0.3) is 0 Å². The number of aromatic nitrogens is 1. The van der Waals surface area contributed by atoms with Gasteiger partial charge in [-0.1, -0.05) is 12.1 Å². The Kier molecular flexibility index (Phi) is 3.48. The predicted molar refractivity (Wildman–Crippen MR) is 78.5 cm³/mol. The second-order valence-corrected chi connectivity index (χ2v) is 5.90. The molecule has 1 fully saturated rings. The lowest BCUT2D eigenvalue weighted by Gasteiger charge is -2.27. The molecule has 4 heteroatoms. The van der Waals surface area contributed by atoms with Crippen molar-refractivity contribution in [2.24, 2.45) is 5.92 Å². The Bertz CT molecular complexity index is 516. The maximum absolute atomic E-state index is 4.61. The number of fused-ring (bicyclic) bond motifs is 1. The highest BCUT2D eigenvalue weighted by Gasteiger charge is 2.17. The fourth-order valence-corrected chi connectivity index (χ4v) is 3.52. The van der Waals surface area contributed by atoms with E-state index in [0.29, 0.717) is 0 Å². The molecular formula is C14H19N3S. The normalized spacial score (nSPS) is 20.2. The Morgan fingerprint density at radius 2 is 2.33 bits per heavy atom. The third-order valence-corrected chi connectivity index (χ3v) is 4.47. The fourth-order valence-electron chi connectivity index (χ4n) is 2.70. The Hall–Kier alpha value is -1.13. The van der Waals surface area contributed by atoms with Crippen LogP contribution < -0.4 is 10.2 Å². The number of hydrogen-bond donors (Lipinski definition) is 1. The van der Waals surface area contributed by atoms with Crippen LogP contribution in [-0.2, 0) is 0 Å². The molecule has 0 aliphatic carbocycles. The van der Waals surface area contributed by atoms with Gasteiger partial charge in [-0.15, -0.1) is 0 Å². The van der Waals surface area contributed by atoms with Crippen LogP contribution in [0.5, 0.6) is 0 Å². The SMILES string of the molecule is CN(CC1CCCNC1)c1nsc2ccccc12. The lowest BCUT2D eigenvalue weighted by Crippen LogP contribution is -2.37. The Balaban J connectivity index is 1.76. The highest BCUT2D eigenvalue weighted by Crippen LogP contribution is 2.29. The van der Waals surface area contributed by atoms with Gasteiger partial charge in [0.1, 0.15) is 5.82 Å². The molecule has 1 aliphatic rings. The van der Waals surface area contributed by atoms with Crippen molar-refractivity contribution in [3.63, 3.8) is 0 Å². The molecule has 1 unspecified atom stereocenters. The van der Waals surface area contributed by atoms with Gasteiger partial charge in [-0.2, -0.15) is 4.37 Å². The molecule has 1 aromatic heterocycles. The van der Waals surface area contributed by atoms with E-state index in [0.717, 1.165) is 24.8 Å². The van der Waals surface area contributed by atoms with Gasteiger partial charge in [0, 0.05) is 19.0 Å². The summed E-state index contributed by atoms with van der Waals surface area (Å²) in [7, 11) is 2.16. The number of nitrogens with zero attached hydrogens (tertiary/aromatic N) is 2.